The van der Waals surface area contributed by atoms with Crippen molar-refractivity contribution in [3.63, 3.8) is 0 Å². The van der Waals surface area contributed by atoms with E-state index in [1.165, 1.54) is 24.0 Å². The van der Waals surface area contributed by atoms with Crippen LogP contribution < -0.4 is 4.90 Å². The van der Waals surface area contributed by atoms with E-state index in [2.05, 4.69) is 41.0 Å². The quantitative estimate of drug-likeness (QED) is 0.832. The number of hydrogen-bond donors (Lipinski definition) is 0. The third-order valence-corrected chi connectivity index (χ3v) is 5.62. The Kier molecular flexibility index (Phi) is 4.05. The van der Waals surface area contributed by atoms with Gasteiger partial charge in [0.15, 0.2) is 0 Å². The zero-order valence-corrected chi connectivity index (χ0v) is 14.3. The van der Waals surface area contributed by atoms with Gasteiger partial charge in [-0.2, -0.15) is 0 Å². The van der Waals surface area contributed by atoms with E-state index >= 15 is 0 Å². The lowest BCUT2D eigenvalue weighted by Gasteiger charge is -2.36. The molecule has 0 amide bonds. The number of hydrogen-bond acceptors (Lipinski definition) is 2. The molecule has 0 spiro atoms. The van der Waals surface area contributed by atoms with Gasteiger partial charge in [0.1, 0.15) is 5.82 Å². The Balaban J connectivity index is 1.32. The minimum atomic E-state index is -0.166. The molecule has 1 aliphatic heterocycles. The molecule has 0 atom stereocenters. The van der Waals surface area contributed by atoms with Crippen LogP contribution in [0.4, 0.5) is 10.1 Å². The van der Waals surface area contributed by atoms with Gasteiger partial charge in [-0.15, -0.1) is 0 Å². The number of rotatable bonds is 4. The van der Waals surface area contributed by atoms with E-state index in [1.54, 1.807) is 12.1 Å². The average Bonchev–Trinajstić information content (AvgIpc) is 3.36. The van der Waals surface area contributed by atoms with Crippen LogP contribution in [0.2, 0.25) is 0 Å². The Hall–Kier alpha value is -1.87. The number of benzene rings is 2. The van der Waals surface area contributed by atoms with Crippen molar-refractivity contribution in [2.24, 2.45) is 0 Å². The highest BCUT2D eigenvalue weighted by molar-refractivity contribution is 5.46. The molecule has 1 saturated heterocycles. The van der Waals surface area contributed by atoms with Crippen molar-refractivity contribution in [1.29, 1.82) is 0 Å². The highest BCUT2D eigenvalue weighted by Gasteiger charge is 2.38. The van der Waals surface area contributed by atoms with Gasteiger partial charge in [0.25, 0.3) is 0 Å². The fourth-order valence-electron chi connectivity index (χ4n) is 3.56. The van der Waals surface area contributed by atoms with Crippen LogP contribution in [0.25, 0.3) is 0 Å². The van der Waals surface area contributed by atoms with Crippen molar-refractivity contribution in [2.45, 2.75) is 31.7 Å². The fraction of sp³-hybridized carbons (Fsp3) is 0.429. The molecule has 24 heavy (non-hydrogen) atoms. The molecule has 2 aliphatic rings. The van der Waals surface area contributed by atoms with E-state index < -0.39 is 0 Å². The van der Waals surface area contributed by atoms with E-state index in [0.29, 0.717) is 5.41 Å². The first-order valence-electron chi connectivity index (χ1n) is 8.95. The molecule has 1 heterocycles. The lowest BCUT2D eigenvalue weighted by atomic mass is 9.97. The Morgan fingerprint density at radius 3 is 2.08 bits per heavy atom. The van der Waals surface area contributed by atoms with Crippen LogP contribution in [-0.2, 0) is 12.0 Å². The van der Waals surface area contributed by atoms with Crippen molar-refractivity contribution in [1.82, 2.24) is 4.90 Å². The first-order chi connectivity index (χ1) is 11.6. The highest BCUT2D eigenvalue weighted by atomic mass is 19.1. The van der Waals surface area contributed by atoms with Gasteiger partial charge in [0, 0.05) is 38.4 Å². The van der Waals surface area contributed by atoms with Crippen LogP contribution in [0, 0.1) is 5.82 Å². The molecule has 2 nitrogen and oxygen atoms in total. The first-order valence-corrected chi connectivity index (χ1v) is 8.95. The number of piperazine rings is 1. The second-order valence-electron chi connectivity index (χ2n) is 7.50. The van der Waals surface area contributed by atoms with Crippen LogP contribution in [0.15, 0.2) is 48.5 Å². The summed E-state index contributed by atoms with van der Waals surface area (Å²) < 4.78 is 13.0. The summed E-state index contributed by atoms with van der Waals surface area (Å²) in [5.74, 6) is -0.166. The van der Waals surface area contributed by atoms with Crippen LogP contribution in [-0.4, -0.2) is 31.1 Å². The van der Waals surface area contributed by atoms with Gasteiger partial charge in [-0.25, -0.2) is 4.39 Å². The first kappa shape index (κ1) is 15.6. The molecule has 0 N–H and O–H groups in total. The molecule has 2 aromatic carbocycles. The van der Waals surface area contributed by atoms with Crippen molar-refractivity contribution in [3.8, 4) is 0 Å². The molecule has 0 aromatic heterocycles. The zero-order chi connectivity index (χ0) is 16.6. The summed E-state index contributed by atoms with van der Waals surface area (Å²) in [5.41, 5.74) is 4.47. The van der Waals surface area contributed by atoms with E-state index in [-0.39, 0.29) is 5.82 Å². The molecular weight excluding hydrogens is 299 g/mol. The van der Waals surface area contributed by atoms with Crippen LogP contribution in [0.1, 0.15) is 30.9 Å². The minimum Gasteiger partial charge on any atom is -0.369 e. The van der Waals surface area contributed by atoms with E-state index in [1.807, 2.05) is 12.1 Å². The maximum absolute atomic E-state index is 13.0. The van der Waals surface area contributed by atoms with Gasteiger partial charge in [-0.05, 0) is 53.6 Å². The summed E-state index contributed by atoms with van der Waals surface area (Å²) in [6.07, 6.45) is 2.66. The van der Waals surface area contributed by atoms with Crippen LogP contribution >= 0.6 is 0 Å². The minimum absolute atomic E-state index is 0.166. The maximum Gasteiger partial charge on any atom is 0.123 e. The molecule has 1 saturated carbocycles. The summed E-state index contributed by atoms with van der Waals surface area (Å²) in [4.78, 5) is 4.85. The molecule has 2 fully saturated rings. The molecular formula is C21H25FN2. The van der Waals surface area contributed by atoms with Gasteiger partial charge < -0.3 is 4.90 Å². The summed E-state index contributed by atoms with van der Waals surface area (Å²) in [5, 5.41) is 0. The summed E-state index contributed by atoms with van der Waals surface area (Å²) >= 11 is 0. The van der Waals surface area contributed by atoms with Crippen LogP contribution in [0.3, 0.4) is 0 Å². The lowest BCUT2D eigenvalue weighted by molar-refractivity contribution is 0.250. The lowest BCUT2D eigenvalue weighted by Crippen LogP contribution is -2.45. The fourth-order valence-corrected chi connectivity index (χ4v) is 3.56. The van der Waals surface area contributed by atoms with E-state index in [4.69, 9.17) is 0 Å². The summed E-state index contributed by atoms with van der Waals surface area (Å²) in [6, 6.07) is 16.1. The molecule has 0 unspecified atom stereocenters. The van der Waals surface area contributed by atoms with Crippen molar-refractivity contribution < 1.29 is 4.39 Å². The Bertz CT molecular complexity index is 681. The second kappa shape index (κ2) is 6.21. The van der Waals surface area contributed by atoms with Gasteiger partial charge in [0.2, 0.25) is 0 Å². The normalized spacial score (nSPS) is 20.2. The zero-order valence-electron chi connectivity index (χ0n) is 14.3. The second-order valence-corrected chi connectivity index (χ2v) is 7.50. The van der Waals surface area contributed by atoms with E-state index in [9.17, 15) is 4.39 Å². The van der Waals surface area contributed by atoms with Crippen molar-refractivity contribution >= 4 is 5.69 Å². The molecule has 126 valence electrons. The topological polar surface area (TPSA) is 6.48 Å². The van der Waals surface area contributed by atoms with Crippen LogP contribution in [0.5, 0.6) is 0 Å². The van der Waals surface area contributed by atoms with Gasteiger partial charge >= 0.3 is 0 Å². The highest BCUT2D eigenvalue weighted by Crippen LogP contribution is 2.47. The standard InChI is InChI=1S/C21H25FN2/c1-21(10-11-21)18-4-2-17(3-5-18)16-23-12-14-24(15-13-23)20-8-6-19(22)7-9-20/h2-9H,10-16H2,1H3. The molecule has 3 heteroatoms. The maximum atomic E-state index is 13.0. The van der Waals surface area contributed by atoms with Gasteiger partial charge in [0.05, 0.1) is 0 Å². The van der Waals surface area contributed by atoms with Gasteiger partial charge in [-0.1, -0.05) is 31.2 Å². The number of anilines is 1. The predicted molar refractivity (Wildman–Crippen MR) is 96.9 cm³/mol. The Morgan fingerprint density at radius 1 is 0.875 bits per heavy atom. The average molecular weight is 324 g/mol. The molecule has 0 bridgehead atoms. The molecule has 2 aromatic rings. The smallest absolute Gasteiger partial charge is 0.123 e. The Labute approximate surface area is 143 Å². The largest absolute Gasteiger partial charge is 0.369 e. The molecule has 0 radical (unpaired) electrons. The van der Waals surface area contributed by atoms with Crippen molar-refractivity contribution in [2.75, 3.05) is 31.1 Å². The predicted octanol–water partition coefficient (Wildman–Crippen LogP) is 4.20. The SMILES string of the molecule is CC1(c2ccc(CN3CCN(c4ccc(F)cc4)CC3)cc2)CC1. The molecule has 1 aliphatic carbocycles. The molecule has 4 rings (SSSR count). The summed E-state index contributed by atoms with van der Waals surface area (Å²) in [6.45, 7) is 7.49. The van der Waals surface area contributed by atoms with Crippen molar-refractivity contribution in [3.05, 3.63) is 65.5 Å². The third-order valence-electron chi connectivity index (χ3n) is 5.62. The third kappa shape index (κ3) is 3.32. The monoisotopic (exact) mass is 324 g/mol. The Morgan fingerprint density at radius 2 is 1.50 bits per heavy atom. The van der Waals surface area contributed by atoms with E-state index in [0.717, 1.165) is 38.4 Å². The van der Waals surface area contributed by atoms with Gasteiger partial charge in [-0.3, -0.25) is 4.90 Å². The number of halogens is 1. The summed E-state index contributed by atoms with van der Waals surface area (Å²) in [7, 11) is 0. The number of nitrogens with zero attached hydrogens (tertiary/aromatic N) is 2.